The third kappa shape index (κ3) is 11.9. The monoisotopic (exact) mass is 560 g/mol. The largest absolute Gasteiger partial charge is 0.481 e. The minimum absolute atomic E-state index is 0.0593. The van der Waals surface area contributed by atoms with Crippen LogP contribution < -0.4 is 32.3 Å². The van der Waals surface area contributed by atoms with E-state index in [0.717, 1.165) is 13.3 Å². The van der Waals surface area contributed by atoms with Gasteiger partial charge in [-0.1, -0.05) is 0 Å². The van der Waals surface area contributed by atoms with E-state index in [1.165, 1.54) is 0 Å². The number of nitrogens with one attached hydrogen (secondary N) is 5. The first-order valence-electron chi connectivity index (χ1n) is 12.8. The second-order valence-corrected chi connectivity index (χ2v) is 9.30. The number of amides is 4. The van der Waals surface area contributed by atoms with Gasteiger partial charge in [0.25, 0.3) is 0 Å². The Balaban J connectivity index is 3.01. The van der Waals surface area contributed by atoms with Crippen molar-refractivity contribution < 1.29 is 49.2 Å². The van der Waals surface area contributed by atoms with Crippen LogP contribution in [0.1, 0.15) is 51.9 Å². The van der Waals surface area contributed by atoms with Crippen LogP contribution in [0.3, 0.4) is 0 Å². The van der Waals surface area contributed by atoms with Crippen LogP contribution in [-0.4, -0.2) is 112 Å². The van der Waals surface area contributed by atoms with Crippen molar-refractivity contribution in [3.8, 4) is 0 Å². The van der Waals surface area contributed by atoms with E-state index in [2.05, 4.69) is 26.6 Å². The van der Waals surface area contributed by atoms with Crippen LogP contribution in [-0.2, 0) is 28.8 Å². The van der Waals surface area contributed by atoms with Crippen molar-refractivity contribution in [3.63, 3.8) is 0 Å². The molecule has 1 rings (SSSR count). The Hall–Kier alpha value is -3.34. The van der Waals surface area contributed by atoms with Crippen LogP contribution in [0.5, 0.6) is 0 Å². The zero-order chi connectivity index (χ0) is 29.5. The summed E-state index contributed by atoms with van der Waals surface area (Å²) in [6.45, 7) is 1.32. The Labute approximate surface area is 225 Å². The van der Waals surface area contributed by atoms with Crippen molar-refractivity contribution in [2.75, 3.05) is 19.7 Å². The second kappa shape index (κ2) is 17.3. The van der Waals surface area contributed by atoms with E-state index < -0.39 is 91.3 Å². The quantitative estimate of drug-likeness (QED) is 0.0721. The molecule has 1 aliphatic heterocycles. The molecule has 0 radical (unpaired) electrons. The molecule has 1 heterocycles. The molecular weight excluding hydrogens is 520 g/mol. The summed E-state index contributed by atoms with van der Waals surface area (Å²) < 4.78 is 0. The number of carboxylic acid groups (broad SMARTS) is 2. The fourth-order valence-electron chi connectivity index (χ4n) is 3.86. The smallest absolute Gasteiger partial charge is 0.328 e. The number of rotatable bonds is 18. The Morgan fingerprint density at radius 2 is 1.49 bits per heavy atom. The van der Waals surface area contributed by atoms with E-state index in [1.807, 2.05) is 0 Å². The Bertz CT molecular complexity index is 864. The number of unbranched alkanes of at least 4 members (excludes halogenated alkanes) is 1. The van der Waals surface area contributed by atoms with Gasteiger partial charge in [0.2, 0.25) is 23.6 Å². The molecule has 4 amide bonds. The maximum Gasteiger partial charge on any atom is 0.328 e. The van der Waals surface area contributed by atoms with Crippen LogP contribution in [0.2, 0.25) is 0 Å². The van der Waals surface area contributed by atoms with E-state index in [9.17, 15) is 44.1 Å². The fourth-order valence-corrected chi connectivity index (χ4v) is 3.86. The van der Waals surface area contributed by atoms with Gasteiger partial charge >= 0.3 is 11.9 Å². The summed E-state index contributed by atoms with van der Waals surface area (Å²) in [5.41, 5.74) is 5.51. The molecule has 0 spiro atoms. The molecular formula is C23H40N6O10. The van der Waals surface area contributed by atoms with Crippen molar-refractivity contribution in [2.45, 2.75) is 88.2 Å². The molecule has 0 aromatic heterocycles. The van der Waals surface area contributed by atoms with E-state index in [4.69, 9.17) is 10.8 Å². The molecule has 39 heavy (non-hydrogen) atoms. The lowest BCUT2D eigenvalue weighted by Gasteiger charge is -2.26. The molecule has 0 aromatic rings. The third-order valence-corrected chi connectivity index (χ3v) is 6.10. The van der Waals surface area contributed by atoms with Gasteiger partial charge in [0.15, 0.2) is 6.04 Å². The van der Waals surface area contributed by atoms with Gasteiger partial charge < -0.3 is 52.7 Å². The lowest BCUT2D eigenvalue weighted by atomic mass is 10.0. The van der Waals surface area contributed by atoms with Crippen LogP contribution in [0, 0.1) is 0 Å². The summed E-state index contributed by atoms with van der Waals surface area (Å²) in [6, 6.07) is -6.36. The summed E-state index contributed by atoms with van der Waals surface area (Å²) in [7, 11) is 0. The predicted molar refractivity (Wildman–Crippen MR) is 135 cm³/mol. The molecule has 0 unspecified atom stereocenters. The minimum atomic E-state index is -1.72. The van der Waals surface area contributed by atoms with Gasteiger partial charge in [-0.05, 0) is 58.5 Å². The number of carbonyl (C=O) groups is 6. The number of aliphatic hydroxyl groups excluding tert-OH is 2. The molecule has 16 nitrogen and oxygen atoms in total. The van der Waals surface area contributed by atoms with Gasteiger partial charge in [0.1, 0.15) is 18.1 Å². The Morgan fingerprint density at radius 3 is 1.97 bits per heavy atom. The summed E-state index contributed by atoms with van der Waals surface area (Å²) in [4.78, 5) is 73.5. The van der Waals surface area contributed by atoms with Crippen LogP contribution in [0.25, 0.3) is 0 Å². The summed E-state index contributed by atoms with van der Waals surface area (Å²) >= 11 is 0. The number of hydrogen-bond donors (Lipinski definition) is 10. The minimum Gasteiger partial charge on any atom is -0.481 e. The van der Waals surface area contributed by atoms with Crippen LogP contribution >= 0.6 is 0 Å². The highest BCUT2D eigenvalue weighted by Crippen LogP contribution is 2.07. The summed E-state index contributed by atoms with van der Waals surface area (Å²) in [5.74, 6) is -6.09. The maximum absolute atomic E-state index is 13.1. The molecule has 1 saturated heterocycles. The third-order valence-electron chi connectivity index (χ3n) is 6.10. The molecule has 1 aliphatic rings. The Kier molecular flexibility index (Phi) is 14.9. The number of aliphatic hydroxyl groups is 2. The zero-order valence-electron chi connectivity index (χ0n) is 21.9. The maximum atomic E-state index is 13.1. The standard InChI is InChI=1S/C23H40N6O10/c1-12(31)18(23(38)39)29-21(36)15(7-8-17(32)33)27-20(35)14(5-2-3-9-24)26-22(37)16(11-30)28-19(34)13-6-4-10-25-13/h12-16,18,25,30-31H,2-11,24H2,1H3,(H,26,37)(H,27,35)(H,28,34)(H,29,36)(H,32,33)(H,38,39)/t12-,13+,14+,15+,16+,18+/m1/s1. The zero-order valence-corrected chi connectivity index (χ0v) is 21.9. The van der Waals surface area contributed by atoms with Gasteiger partial charge in [-0.3, -0.25) is 24.0 Å². The number of hydrogen-bond acceptors (Lipinski definition) is 10. The highest BCUT2D eigenvalue weighted by molar-refractivity contribution is 5.95. The number of nitrogens with two attached hydrogens (primary N) is 1. The average Bonchev–Trinajstić information content (AvgIpc) is 3.42. The Morgan fingerprint density at radius 1 is 0.897 bits per heavy atom. The molecule has 0 bridgehead atoms. The van der Waals surface area contributed by atoms with Crippen molar-refractivity contribution >= 4 is 35.6 Å². The first-order valence-corrected chi connectivity index (χ1v) is 12.8. The topological polar surface area (TPSA) is 270 Å². The average molecular weight is 561 g/mol. The molecule has 0 aromatic carbocycles. The second-order valence-electron chi connectivity index (χ2n) is 9.30. The SMILES string of the molecule is C[C@@H](O)[C@H](NC(=O)[C@H](CCC(=O)O)NC(=O)[C@H](CCCCN)NC(=O)[C@H](CO)NC(=O)[C@@H]1CCCN1)C(=O)O. The van der Waals surface area contributed by atoms with E-state index in [0.29, 0.717) is 32.4 Å². The lowest BCUT2D eigenvalue weighted by molar-refractivity contribution is -0.145. The van der Waals surface area contributed by atoms with Gasteiger partial charge in [-0.15, -0.1) is 0 Å². The molecule has 0 aliphatic carbocycles. The van der Waals surface area contributed by atoms with E-state index in [-0.39, 0.29) is 6.42 Å². The van der Waals surface area contributed by atoms with E-state index in [1.54, 1.807) is 0 Å². The van der Waals surface area contributed by atoms with Gasteiger partial charge in [-0.2, -0.15) is 0 Å². The molecule has 1 fully saturated rings. The van der Waals surface area contributed by atoms with Crippen molar-refractivity contribution in [3.05, 3.63) is 0 Å². The van der Waals surface area contributed by atoms with Crippen molar-refractivity contribution in [1.82, 2.24) is 26.6 Å². The van der Waals surface area contributed by atoms with Gasteiger partial charge in [0, 0.05) is 6.42 Å². The highest BCUT2D eigenvalue weighted by atomic mass is 16.4. The molecule has 0 saturated carbocycles. The van der Waals surface area contributed by atoms with Crippen LogP contribution in [0.15, 0.2) is 0 Å². The van der Waals surface area contributed by atoms with Crippen molar-refractivity contribution in [2.24, 2.45) is 5.73 Å². The molecule has 16 heteroatoms. The highest BCUT2D eigenvalue weighted by Gasteiger charge is 2.33. The normalized spacial score (nSPS) is 18.6. The number of aliphatic carboxylic acids is 2. The molecule has 6 atom stereocenters. The number of carbonyl (C=O) groups excluding carboxylic acids is 4. The first kappa shape index (κ1) is 33.7. The number of carboxylic acids is 2. The molecule has 11 N–H and O–H groups in total. The molecule has 222 valence electrons. The summed E-state index contributed by atoms with van der Waals surface area (Å²) in [5, 5.41) is 49.8. The lowest BCUT2D eigenvalue weighted by Crippen LogP contribution is -2.59. The van der Waals surface area contributed by atoms with Gasteiger partial charge in [-0.25, -0.2) is 4.79 Å². The van der Waals surface area contributed by atoms with E-state index >= 15 is 0 Å². The first-order chi connectivity index (χ1) is 18.4. The van der Waals surface area contributed by atoms with Crippen molar-refractivity contribution in [1.29, 1.82) is 0 Å². The predicted octanol–water partition coefficient (Wildman–Crippen LogP) is -3.87. The van der Waals surface area contributed by atoms with Gasteiger partial charge in [0.05, 0.1) is 18.8 Å². The van der Waals surface area contributed by atoms with Crippen LogP contribution in [0.4, 0.5) is 0 Å². The fraction of sp³-hybridized carbons (Fsp3) is 0.739. The summed E-state index contributed by atoms with van der Waals surface area (Å²) in [6.07, 6.45) is -0.183.